The fourth-order valence-electron chi connectivity index (χ4n) is 4.39. The Morgan fingerprint density at radius 1 is 0.976 bits per heavy atom. The summed E-state index contributed by atoms with van der Waals surface area (Å²) in [6, 6.07) is 26.0. The van der Waals surface area contributed by atoms with Crippen LogP contribution in [0.25, 0.3) is 33.5 Å². The van der Waals surface area contributed by atoms with E-state index in [9.17, 15) is 4.79 Å². The maximum Gasteiger partial charge on any atom is 0.282 e. The molecule has 4 aromatic carbocycles. The van der Waals surface area contributed by atoms with Gasteiger partial charge in [0.05, 0.1) is 36.8 Å². The fraction of sp³-hybridized carbons (Fsp3) is 0.0645. The summed E-state index contributed by atoms with van der Waals surface area (Å²) in [5.74, 6) is 2.10. The van der Waals surface area contributed by atoms with Crippen LogP contribution in [-0.4, -0.2) is 23.0 Å². The molecular formula is C31H20ClI2N3O4. The van der Waals surface area contributed by atoms with Crippen molar-refractivity contribution >= 4 is 84.9 Å². The molecule has 0 spiro atoms. The molecule has 0 saturated heterocycles. The molecule has 2 aromatic heterocycles. The predicted molar refractivity (Wildman–Crippen MR) is 178 cm³/mol. The van der Waals surface area contributed by atoms with Gasteiger partial charge in [-0.25, -0.2) is 4.98 Å². The van der Waals surface area contributed by atoms with Gasteiger partial charge in [0.15, 0.2) is 5.76 Å². The van der Waals surface area contributed by atoms with E-state index in [1.807, 2.05) is 66.7 Å². The largest absolute Gasteiger partial charge is 0.496 e. The van der Waals surface area contributed by atoms with Crippen LogP contribution in [0.1, 0.15) is 11.1 Å². The molecule has 7 nitrogen and oxygen atoms in total. The minimum absolute atomic E-state index is 0.285. The van der Waals surface area contributed by atoms with Crippen LogP contribution in [0.15, 0.2) is 99.2 Å². The Morgan fingerprint density at radius 2 is 1.73 bits per heavy atom. The highest BCUT2D eigenvalue weighted by Crippen LogP contribution is 2.33. The van der Waals surface area contributed by atoms with E-state index in [1.165, 1.54) is 4.68 Å². The number of furan rings is 1. The summed E-state index contributed by atoms with van der Waals surface area (Å²) in [6.07, 6.45) is 1.63. The van der Waals surface area contributed by atoms with Gasteiger partial charge in [-0.1, -0.05) is 48.0 Å². The first kappa shape index (κ1) is 27.7. The summed E-state index contributed by atoms with van der Waals surface area (Å²) in [5, 5.41) is 6.48. The quantitative estimate of drug-likeness (QED) is 0.121. The molecule has 0 amide bonds. The van der Waals surface area contributed by atoms with Crippen molar-refractivity contribution in [3.05, 3.63) is 119 Å². The Balaban J connectivity index is 1.39. The number of rotatable bonds is 7. The number of halogens is 3. The maximum absolute atomic E-state index is 13.6. The Hall–Kier alpha value is -3.42. The Bertz CT molecular complexity index is 2000. The fourth-order valence-corrected chi connectivity index (χ4v) is 6.71. The zero-order chi connectivity index (χ0) is 28.5. The number of fused-ring (bicyclic) bond motifs is 2. The Labute approximate surface area is 267 Å². The normalized spacial score (nSPS) is 11.5. The van der Waals surface area contributed by atoms with Gasteiger partial charge in [-0.2, -0.15) is 9.78 Å². The van der Waals surface area contributed by atoms with Gasteiger partial charge >= 0.3 is 0 Å². The summed E-state index contributed by atoms with van der Waals surface area (Å²) in [7, 11) is 1.60. The molecule has 0 saturated carbocycles. The summed E-state index contributed by atoms with van der Waals surface area (Å²) >= 11 is 10.8. The van der Waals surface area contributed by atoms with E-state index in [-0.39, 0.29) is 11.4 Å². The van der Waals surface area contributed by atoms with Crippen molar-refractivity contribution in [1.29, 1.82) is 0 Å². The average Bonchev–Trinajstić information content (AvgIpc) is 3.41. The molecule has 6 aromatic rings. The van der Waals surface area contributed by atoms with Gasteiger partial charge in [-0.3, -0.25) is 4.79 Å². The van der Waals surface area contributed by atoms with Gasteiger partial charge in [0.25, 0.3) is 5.56 Å². The summed E-state index contributed by atoms with van der Waals surface area (Å²) in [6.45, 7) is 0.350. The van der Waals surface area contributed by atoms with Gasteiger partial charge < -0.3 is 13.9 Å². The second kappa shape index (κ2) is 11.8. The Kier molecular flexibility index (Phi) is 8.00. The van der Waals surface area contributed by atoms with E-state index >= 15 is 0 Å². The molecule has 41 heavy (non-hydrogen) atoms. The highest BCUT2D eigenvalue weighted by atomic mass is 127. The third kappa shape index (κ3) is 5.57. The number of hydrogen-bond acceptors (Lipinski definition) is 6. The lowest BCUT2D eigenvalue weighted by Gasteiger charge is -2.12. The number of aromatic nitrogens is 2. The molecule has 0 fully saturated rings. The minimum atomic E-state index is -0.307. The highest BCUT2D eigenvalue weighted by Gasteiger charge is 2.18. The third-order valence-corrected chi connectivity index (χ3v) is 8.36. The van der Waals surface area contributed by atoms with Crippen molar-refractivity contribution in [2.45, 2.75) is 6.61 Å². The second-order valence-corrected chi connectivity index (χ2v) is 11.7. The van der Waals surface area contributed by atoms with Crippen LogP contribution in [0.4, 0.5) is 0 Å². The number of nitrogens with zero attached hydrogens (tertiary/aromatic N) is 3. The van der Waals surface area contributed by atoms with Crippen LogP contribution in [0.5, 0.6) is 11.5 Å². The molecule has 10 heteroatoms. The van der Waals surface area contributed by atoms with Gasteiger partial charge in [0.1, 0.15) is 23.7 Å². The van der Waals surface area contributed by atoms with Crippen molar-refractivity contribution in [3.8, 4) is 23.1 Å². The number of methoxy groups -OCH3 is 1. The van der Waals surface area contributed by atoms with Gasteiger partial charge in [0, 0.05) is 10.6 Å². The lowest BCUT2D eigenvalue weighted by Crippen LogP contribution is -2.20. The molecule has 0 radical (unpaired) electrons. The number of benzene rings is 4. The zero-order valence-electron chi connectivity index (χ0n) is 21.5. The summed E-state index contributed by atoms with van der Waals surface area (Å²) in [5.41, 5.74) is 2.56. The van der Waals surface area contributed by atoms with Gasteiger partial charge in [0.2, 0.25) is 5.82 Å². The molecule has 0 N–H and O–H groups in total. The average molecular weight is 788 g/mol. The molecule has 0 bridgehead atoms. The van der Waals surface area contributed by atoms with E-state index < -0.39 is 0 Å². The molecule has 0 atom stereocenters. The minimum Gasteiger partial charge on any atom is -0.496 e. The molecule has 0 aliphatic carbocycles. The van der Waals surface area contributed by atoms with Crippen LogP contribution in [-0.2, 0) is 6.61 Å². The maximum atomic E-state index is 13.6. The number of hydrogen-bond donors (Lipinski definition) is 0. The first-order chi connectivity index (χ1) is 19.9. The number of para-hydroxylation sites is 1. The van der Waals surface area contributed by atoms with E-state index in [0.717, 1.165) is 29.4 Å². The van der Waals surface area contributed by atoms with Gasteiger partial charge in [-0.15, -0.1) is 0 Å². The van der Waals surface area contributed by atoms with Crippen molar-refractivity contribution in [3.63, 3.8) is 0 Å². The lowest BCUT2D eigenvalue weighted by atomic mass is 10.2. The van der Waals surface area contributed by atoms with Crippen molar-refractivity contribution in [2.24, 2.45) is 5.10 Å². The summed E-state index contributed by atoms with van der Waals surface area (Å²) < 4.78 is 20.8. The summed E-state index contributed by atoms with van der Waals surface area (Å²) in [4.78, 5) is 18.4. The molecule has 0 unspecified atom stereocenters. The smallest absolute Gasteiger partial charge is 0.282 e. The third-order valence-electron chi connectivity index (χ3n) is 6.39. The predicted octanol–water partition coefficient (Wildman–Crippen LogP) is 8.14. The van der Waals surface area contributed by atoms with Gasteiger partial charge in [-0.05, 0) is 99.3 Å². The molecular weight excluding hydrogens is 768 g/mol. The van der Waals surface area contributed by atoms with Crippen LogP contribution in [0.2, 0.25) is 5.02 Å². The van der Waals surface area contributed by atoms with E-state index in [2.05, 4.69) is 50.3 Å². The molecule has 204 valence electrons. The van der Waals surface area contributed by atoms with E-state index in [4.69, 9.17) is 30.5 Å². The van der Waals surface area contributed by atoms with Crippen molar-refractivity contribution in [1.82, 2.24) is 9.66 Å². The first-order valence-corrected chi connectivity index (χ1v) is 14.9. The highest BCUT2D eigenvalue weighted by molar-refractivity contribution is 14.1. The molecule has 6 rings (SSSR count). The van der Waals surface area contributed by atoms with E-state index in [1.54, 1.807) is 31.5 Å². The second-order valence-electron chi connectivity index (χ2n) is 8.99. The monoisotopic (exact) mass is 787 g/mol. The Morgan fingerprint density at radius 3 is 2.51 bits per heavy atom. The topological polar surface area (TPSA) is 78.9 Å². The number of ether oxygens (including phenoxy) is 2. The molecule has 0 aliphatic heterocycles. The SMILES string of the molecule is COc1cccc2oc(-c3nc4ccccc4c(=O)n3N=Cc3cc(I)c(OCc4ccccc4Cl)c(I)c3)cc12. The van der Waals surface area contributed by atoms with Crippen molar-refractivity contribution < 1.29 is 13.9 Å². The van der Waals surface area contributed by atoms with E-state index in [0.29, 0.717) is 39.6 Å². The van der Waals surface area contributed by atoms with Crippen LogP contribution < -0.4 is 15.0 Å². The standard InChI is InChI=1S/C31H20ClI2N3O4/c1-39-26-11-6-12-27-21(26)15-28(41-27)30-36-25-10-5-3-8-20(25)31(38)37(30)35-16-18-13-23(33)29(24(34)14-18)40-17-19-7-2-4-9-22(19)32/h2-16H,17H2,1H3. The molecule has 0 aliphatic rings. The van der Waals surface area contributed by atoms with Crippen LogP contribution >= 0.6 is 56.8 Å². The van der Waals surface area contributed by atoms with Crippen molar-refractivity contribution in [2.75, 3.05) is 7.11 Å². The van der Waals surface area contributed by atoms with Crippen LogP contribution in [0, 0.1) is 7.14 Å². The van der Waals surface area contributed by atoms with Crippen LogP contribution in [0.3, 0.4) is 0 Å². The zero-order valence-corrected chi connectivity index (χ0v) is 26.5. The molecule has 2 heterocycles. The first-order valence-electron chi connectivity index (χ1n) is 12.4. The lowest BCUT2D eigenvalue weighted by molar-refractivity contribution is 0.302.